The predicted molar refractivity (Wildman–Crippen MR) is 127 cm³/mol. The zero-order valence-corrected chi connectivity index (χ0v) is 19.5. The van der Waals surface area contributed by atoms with Crippen LogP contribution in [0.1, 0.15) is 17.5 Å². The van der Waals surface area contributed by atoms with E-state index in [-0.39, 0.29) is 0 Å². The van der Waals surface area contributed by atoms with Crippen molar-refractivity contribution in [1.29, 1.82) is 0 Å². The summed E-state index contributed by atoms with van der Waals surface area (Å²) in [6.45, 7) is 1.90. The van der Waals surface area contributed by atoms with Gasteiger partial charge in [0.25, 0.3) is 0 Å². The van der Waals surface area contributed by atoms with Crippen molar-refractivity contribution in [3.63, 3.8) is 0 Å². The molecule has 0 spiro atoms. The van der Waals surface area contributed by atoms with Gasteiger partial charge in [0.05, 0.1) is 24.3 Å². The second-order valence-electron chi connectivity index (χ2n) is 8.08. The average Bonchev–Trinajstić information content (AvgIpc) is 3.52. The van der Waals surface area contributed by atoms with E-state index in [4.69, 9.17) is 19.7 Å². The maximum Gasteiger partial charge on any atom is 0.171 e. The highest BCUT2D eigenvalue weighted by atomic mass is 32.2. The number of hydrogen-bond donors (Lipinski definition) is 3. The molecule has 4 heterocycles. The molecule has 0 radical (unpaired) electrons. The quantitative estimate of drug-likeness (QED) is 0.359. The summed E-state index contributed by atoms with van der Waals surface area (Å²) < 4.78 is 18.5. The molecule has 0 amide bonds. The van der Waals surface area contributed by atoms with Gasteiger partial charge in [0.1, 0.15) is 35.7 Å². The number of benzene rings is 1. The zero-order chi connectivity index (χ0) is 23.8. The van der Waals surface area contributed by atoms with E-state index < -0.39 is 24.5 Å². The van der Waals surface area contributed by atoms with Gasteiger partial charge in [-0.05, 0) is 37.3 Å². The number of aromatic nitrogens is 4. The van der Waals surface area contributed by atoms with Crippen LogP contribution >= 0.6 is 11.8 Å². The van der Waals surface area contributed by atoms with Crippen LogP contribution in [-0.4, -0.2) is 61.1 Å². The van der Waals surface area contributed by atoms with Gasteiger partial charge in [0.2, 0.25) is 0 Å². The van der Waals surface area contributed by atoms with Crippen molar-refractivity contribution in [3.8, 4) is 17.1 Å². The monoisotopic (exact) mass is 483 g/mol. The van der Waals surface area contributed by atoms with Crippen LogP contribution in [0.2, 0.25) is 0 Å². The molecule has 4 atom stereocenters. The second-order valence-corrected chi connectivity index (χ2v) is 9.12. The van der Waals surface area contributed by atoms with Gasteiger partial charge in [-0.2, -0.15) is 11.8 Å². The highest BCUT2D eigenvalue weighted by Gasteiger charge is 2.44. The number of nitrogens with two attached hydrogens (primary N) is 1. The summed E-state index contributed by atoms with van der Waals surface area (Å²) in [6, 6.07) is 9.37. The molecule has 1 saturated heterocycles. The number of ether oxygens (including phenoxy) is 2. The molecule has 178 valence electrons. The first kappa shape index (κ1) is 22.7. The molecule has 11 heteroatoms. The number of aryl methyl sites for hydroxylation is 1. The Balaban J connectivity index is 1.27. The molecular weight excluding hydrogens is 458 g/mol. The Labute approximate surface area is 199 Å². The summed E-state index contributed by atoms with van der Waals surface area (Å²) >= 11 is 1.57. The van der Waals surface area contributed by atoms with Gasteiger partial charge in [-0.3, -0.25) is 0 Å². The Bertz CT molecular complexity index is 1290. The third-order valence-corrected chi connectivity index (χ3v) is 7.07. The van der Waals surface area contributed by atoms with Gasteiger partial charge in [-0.25, -0.2) is 9.97 Å². The summed E-state index contributed by atoms with van der Waals surface area (Å²) in [4.78, 5) is 8.24. The molecule has 34 heavy (non-hydrogen) atoms. The molecule has 10 nitrogen and oxygen atoms in total. The van der Waals surface area contributed by atoms with Crippen molar-refractivity contribution < 1.29 is 24.2 Å². The van der Waals surface area contributed by atoms with Gasteiger partial charge in [0.15, 0.2) is 12.0 Å². The van der Waals surface area contributed by atoms with E-state index in [2.05, 4.69) is 15.1 Å². The highest BCUT2D eigenvalue weighted by molar-refractivity contribution is 7.98. The molecule has 1 aromatic carbocycles. The molecule has 0 saturated carbocycles. The minimum atomic E-state index is -1.11. The Morgan fingerprint density at radius 3 is 2.71 bits per heavy atom. The molecule has 4 N–H and O–H groups in total. The maximum atomic E-state index is 10.7. The standard InChI is InChI=1S/C23H25N5O5S/c1-12-16(20(33-27-12)13-3-5-14(31-2)6-4-13)9-34-10-17-18(29)19(30)23(32-17)28-8-7-15-21(24)25-11-26-22(15)28/h3-8,11,17-19,23,29-30H,9-10H2,1-2H3,(H2,24,25,26)/t17-,18-,19-,23-/m1/s1. The molecule has 0 aliphatic carbocycles. The van der Waals surface area contributed by atoms with Crippen LogP contribution in [-0.2, 0) is 10.5 Å². The van der Waals surface area contributed by atoms with Gasteiger partial charge < -0.3 is 34.5 Å². The Morgan fingerprint density at radius 2 is 1.94 bits per heavy atom. The number of aliphatic hydroxyl groups is 2. The smallest absolute Gasteiger partial charge is 0.171 e. The number of fused-ring (bicyclic) bond motifs is 1. The van der Waals surface area contributed by atoms with Crippen LogP contribution in [0, 0.1) is 6.92 Å². The Hall–Kier alpha value is -3.12. The summed E-state index contributed by atoms with van der Waals surface area (Å²) in [5.74, 6) is 2.90. The van der Waals surface area contributed by atoms with Gasteiger partial charge >= 0.3 is 0 Å². The lowest BCUT2D eigenvalue weighted by Gasteiger charge is -2.17. The fraction of sp³-hybridized carbons (Fsp3) is 0.348. The molecule has 1 aliphatic rings. The van der Waals surface area contributed by atoms with Crippen molar-refractivity contribution in [3.05, 3.63) is 54.1 Å². The number of hydrogen-bond acceptors (Lipinski definition) is 10. The number of methoxy groups -OCH3 is 1. The minimum absolute atomic E-state index is 0.348. The fourth-order valence-electron chi connectivity index (χ4n) is 4.10. The number of aliphatic hydroxyl groups excluding tert-OH is 2. The molecule has 0 bridgehead atoms. The Kier molecular flexibility index (Phi) is 6.17. The summed E-state index contributed by atoms with van der Waals surface area (Å²) in [5, 5.41) is 26.1. The molecule has 3 aromatic heterocycles. The first-order chi connectivity index (χ1) is 16.5. The van der Waals surface area contributed by atoms with E-state index >= 15 is 0 Å². The summed E-state index contributed by atoms with van der Waals surface area (Å²) in [5.41, 5.74) is 9.14. The van der Waals surface area contributed by atoms with Gasteiger partial charge in [-0.1, -0.05) is 5.16 Å². The number of anilines is 1. The van der Waals surface area contributed by atoms with Gasteiger partial charge in [-0.15, -0.1) is 0 Å². The summed E-state index contributed by atoms with van der Waals surface area (Å²) in [6.07, 6.45) is -0.400. The Morgan fingerprint density at radius 1 is 1.15 bits per heavy atom. The third-order valence-electron chi connectivity index (χ3n) is 6.02. The number of thioether (sulfide) groups is 1. The molecule has 1 aliphatic heterocycles. The molecule has 1 fully saturated rings. The van der Waals surface area contributed by atoms with E-state index in [1.165, 1.54) is 6.33 Å². The molecule has 5 rings (SSSR count). The van der Waals surface area contributed by atoms with Crippen LogP contribution in [0.4, 0.5) is 5.82 Å². The van der Waals surface area contributed by atoms with E-state index in [1.54, 1.807) is 35.7 Å². The summed E-state index contributed by atoms with van der Waals surface area (Å²) in [7, 11) is 1.62. The SMILES string of the molecule is COc1ccc(-c2onc(C)c2CSC[C@H]2O[C@@H](n3ccc4c(N)ncnc43)[C@H](O)[C@@H]2O)cc1. The second kappa shape index (κ2) is 9.26. The van der Waals surface area contributed by atoms with Crippen LogP contribution in [0.25, 0.3) is 22.4 Å². The first-order valence-corrected chi connectivity index (χ1v) is 11.9. The van der Waals surface area contributed by atoms with E-state index in [9.17, 15) is 10.2 Å². The topological polar surface area (TPSA) is 142 Å². The van der Waals surface area contributed by atoms with E-state index in [0.29, 0.717) is 34.1 Å². The first-order valence-electron chi connectivity index (χ1n) is 10.7. The molecule has 0 unspecified atom stereocenters. The number of rotatable bonds is 7. The number of nitrogen functional groups attached to an aromatic ring is 1. The average molecular weight is 484 g/mol. The van der Waals surface area contributed by atoms with Gasteiger partial charge in [0, 0.05) is 28.8 Å². The van der Waals surface area contributed by atoms with Crippen LogP contribution in [0.3, 0.4) is 0 Å². The largest absolute Gasteiger partial charge is 0.497 e. The lowest BCUT2D eigenvalue weighted by Crippen LogP contribution is -2.32. The number of nitrogens with zero attached hydrogens (tertiary/aromatic N) is 4. The normalized spacial score (nSPS) is 22.5. The molecule has 4 aromatic rings. The van der Waals surface area contributed by atoms with Crippen molar-refractivity contribution in [2.75, 3.05) is 18.6 Å². The van der Waals surface area contributed by atoms with Crippen LogP contribution in [0.5, 0.6) is 5.75 Å². The van der Waals surface area contributed by atoms with Crippen molar-refractivity contribution >= 4 is 28.6 Å². The van der Waals surface area contributed by atoms with Crippen molar-refractivity contribution in [2.24, 2.45) is 0 Å². The zero-order valence-electron chi connectivity index (χ0n) is 18.7. The molecular formula is C23H25N5O5S. The fourth-order valence-corrected chi connectivity index (χ4v) is 5.27. The van der Waals surface area contributed by atoms with Crippen LogP contribution in [0.15, 0.2) is 47.4 Å². The van der Waals surface area contributed by atoms with Crippen molar-refractivity contribution in [2.45, 2.75) is 37.2 Å². The predicted octanol–water partition coefficient (Wildman–Crippen LogP) is 2.54. The van der Waals surface area contributed by atoms with Crippen molar-refractivity contribution in [1.82, 2.24) is 19.7 Å². The third kappa shape index (κ3) is 4.00. The van der Waals surface area contributed by atoms with E-state index in [1.807, 2.05) is 31.2 Å². The van der Waals surface area contributed by atoms with Crippen LogP contribution < -0.4 is 10.5 Å². The highest BCUT2D eigenvalue weighted by Crippen LogP contribution is 2.36. The van der Waals surface area contributed by atoms with E-state index in [0.717, 1.165) is 22.6 Å². The lowest BCUT2D eigenvalue weighted by molar-refractivity contribution is -0.0285. The maximum absolute atomic E-state index is 10.7. The lowest BCUT2D eigenvalue weighted by atomic mass is 10.1. The minimum Gasteiger partial charge on any atom is -0.497 e.